The van der Waals surface area contributed by atoms with Crippen molar-refractivity contribution >= 4 is 67.9 Å². The molecule has 9 heteroatoms. The third kappa shape index (κ3) is 8.50. The first-order valence-electron chi connectivity index (χ1n) is 15.1. The largest absolute Gasteiger partial charge is 0.321 e. The van der Waals surface area contributed by atoms with Gasteiger partial charge in [0.25, 0.3) is 11.8 Å². The minimum absolute atomic E-state index is 0.112. The highest BCUT2D eigenvalue weighted by molar-refractivity contribution is 8.00. The molecule has 0 fully saturated rings. The molecule has 46 heavy (non-hydrogen) atoms. The SMILES string of the molecule is CCC(Sc1cccc(NC(=O)/C(=C\c2ccc(C(C)C)cc2)NC(=O)c2ccccc2)c1)C(=O)Nc1nc2ccc(C)cc2s1. The van der Waals surface area contributed by atoms with Crippen molar-refractivity contribution in [2.24, 2.45) is 0 Å². The fourth-order valence-electron chi connectivity index (χ4n) is 4.69. The summed E-state index contributed by atoms with van der Waals surface area (Å²) in [6.07, 6.45) is 2.27. The highest BCUT2D eigenvalue weighted by Gasteiger charge is 2.21. The Morgan fingerprint density at radius 3 is 2.37 bits per heavy atom. The summed E-state index contributed by atoms with van der Waals surface area (Å²) in [6.45, 7) is 8.23. The van der Waals surface area contributed by atoms with E-state index in [1.807, 2.05) is 74.5 Å². The summed E-state index contributed by atoms with van der Waals surface area (Å²) < 4.78 is 1.03. The predicted octanol–water partition coefficient (Wildman–Crippen LogP) is 8.65. The lowest BCUT2D eigenvalue weighted by molar-refractivity contribution is -0.116. The number of thiazole rings is 1. The van der Waals surface area contributed by atoms with E-state index in [9.17, 15) is 14.4 Å². The second-order valence-electron chi connectivity index (χ2n) is 11.2. The summed E-state index contributed by atoms with van der Waals surface area (Å²) in [6, 6.07) is 30.0. The Morgan fingerprint density at radius 1 is 0.891 bits per heavy atom. The zero-order valence-corrected chi connectivity index (χ0v) is 27.8. The molecule has 0 saturated heterocycles. The molecule has 0 radical (unpaired) electrons. The maximum atomic E-state index is 13.6. The van der Waals surface area contributed by atoms with E-state index in [1.54, 1.807) is 36.4 Å². The molecular formula is C37H36N4O3S2. The second-order valence-corrected chi connectivity index (χ2v) is 13.5. The van der Waals surface area contributed by atoms with Crippen LogP contribution >= 0.6 is 23.1 Å². The van der Waals surface area contributed by atoms with E-state index in [-0.39, 0.29) is 22.8 Å². The number of hydrogen-bond acceptors (Lipinski definition) is 6. The van der Waals surface area contributed by atoms with Crippen LogP contribution in [0.4, 0.5) is 10.8 Å². The standard InChI is InChI=1S/C37H36N4O3S2/c1-5-32(36(44)41-37-40-30-19-14-24(4)20-33(30)46-37)45-29-13-9-12-28(22-29)38-35(43)31(39-34(42)27-10-7-6-8-11-27)21-25-15-17-26(18-16-25)23(2)3/h6-23,32H,5H2,1-4H3,(H,38,43)(H,39,42)(H,40,41,44)/b31-21+. The van der Waals surface area contributed by atoms with Crippen LogP contribution in [0.25, 0.3) is 16.3 Å². The number of aromatic nitrogens is 1. The Balaban J connectivity index is 1.30. The zero-order chi connectivity index (χ0) is 32.6. The van der Waals surface area contributed by atoms with Gasteiger partial charge in [-0.2, -0.15) is 0 Å². The summed E-state index contributed by atoms with van der Waals surface area (Å²) in [5.41, 5.74) is 5.07. The monoisotopic (exact) mass is 648 g/mol. The van der Waals surface area contributed by atoms with Crippen LogP contribution in [-0.4, -0.2) is 28.0 Å². The Hall–Kier alpha value is -4.73. The number of nitrogens with one attached hydrogen (secondary N) is 3. The van der Waals surface area contributed by atoms with Gasteiger partial charge in [-0.1, -0.05) is 86.7 Å². The van der Waals surface area contributed by atoms with Gasteiger partial charge in [0, 0.05) is 16.1 Å². The van der Waals surface area contributed by atoms with Gasteiger partial charge < -0.3 is 16.0 Å². The fraction of sp³-hybridized carbons (Fsp3) is 0.189. The van der Waals surface area contributed by atoms with Gasteiger partial charge in [0.05, 0.1) is 15.5 Å². The molecule has 0 aliphatic carbocycles. The molecule has 1 atom stereocenters. The molecular weight excluding hydrogens is 613 g/mol. The van der Waals surface area contributed by atoms with Gasteiger partial charge in [0.1, 0.15) is 5.70 Å². The second kappa shape index (κ2) is 15.0. The molecule has 0 spiro atoms. The lowest BCUT2D eigenvalue weighted by Crippen LogP contribution is -2.30. The Labute approximate surface area is 277 Å². The number of anilines is 2. The van der Waals surface area contributed by atoms with Gasteiger partial charge in [0.2, 0.25) is 5.91 Å². The third-order valence-electron chi connectivity index (χ3n) is 7.25. The average molecular weight is 649 g/mol. The van der Waals surface area contributed by atoms with Gasteiger partial charge >= 0.3 is 0 Å². The summed E-state index contributed by atoms with van der Waals surface area (Å²) in [5.74, 6) is -0.602. The van der Waals surface area contributed by atoms with Crippen molar-refractivity contribution in [3.63, 3.8) is 0 Å². The summed E-state index contributed by atoms with van der Waals surface area (Å²) >= 11 is 2.87. The minimum atomic E-state index is -0.463. The van der Waals surface area contributed by atoms with Gasteiger partial charge in [-0.3, -0.25) is 14.4 Å². The molecule has 1 unspecified atom stereocenters. The van der Waals surface area contributed by atoms with Crippen molar-refractivity contribution in [2.75, 3.05) is 10.6 Å². The highest BCUT2D eigenvalue weighted by Crippen LogP contribution is 2.31. The van der Waals surface area contributed by atoms with Crippen molar-refractivity contribution < 1.29 is 14.4 Å². The molecule has 5 aromatic rings. The van der Waals surface area contributed by atoms with E-state index < -0.39 is 5.91 Å². The Morgan fingerprint density at radius 2 is 1.65 bits per heavy atom. The molecule has 1 aromatic heterocycles. The number of nitrogens with zero attached hydrogens (tertiary/aromatic N) is 1. The molecule has 3 amide bonds. The predicted molar refractivity (Wildman–Crippen MR) is 190 cm³/mol. The van der Waals surface area contributed by atoms with Crippen molar-refractivity contribution in [2.45, 2.75) is 50.2 Å². The first-order valence-corrected chi connectivity index (χ1v) is 16.8. The van der Waals surface area contributed by atoms with Crippen LogP contribution in [0.1, 0.15) is 60.2 Å². The first-order chi connectivity index (χ1) is 22.2. The summed E-state index contributed by atoms with van der Waals surface area (Å²) in [5, 5.41) is 8.90. The quantitative estimate of drug-likeness (QED) is 0.0983. The van der Waals surface area contributed by atoms with Crippen molar-refractivity contribution in [1.29, 1.82) is 0 Å². The Kier molecular flexibility index (Phi) is 10.7. The van der Waals surface area contributed by atoms with E-state index in [1.165, 1.54) is 28.7 Å². The molecule has 7 nitrogen and oxygen atoms in total. The molecule has 1 heterocycles. The van der Waals surface area contributed by atoms with Crippen LogP contribution in [-0.2, 0) is 9.59 Å². The number of amides is 3. The first kappa shape index (κ1) is 32.7. The number of carbonyl (C=O) groups is 3. The molecule has 0 aliphatic rings. The normalized spacial score (nSPS) is 12.2. The Bertz CT molecular complexity index is 1880. The smallest absolute Gasteiger partial charge is 0.272 e. The van der Waals surface area contributed by atoms with Crippen molar-refractivity contribution in [1.82, 2.24) is 10.3 Å². The number of carbonyl (C=O) groups excluding carboxylic acids is 3. The lowest BCUT2D eigenvalue weighted by atomic mass is 10.0. The van der Waals surface area contributed by atoms with Crippen LogP contribution in [0.15, 0.2) is 108 Å². The van der Waals surface area contributed by atoms with E-state index in [0.717, 1.165) is 26.2 Å². The van der Waals surface area contributed by atoms with Crippen molar-refractivity contribution in [3.05, 3.63) is 125 Å². The van der Waals surface area contributed by atoms with Gasteiger partial charge in [-0.05, 0) is 84.5 Å². The molecule has 234 valence electrons. The maximum absolute atomic E-state index is 13.6. The van der Waals surface area contributed by atoms with E-state index in [0.29, 0.717) is 28.7 Å². The van der Waals surface area contributed by atoms with E-state index >= 15 is 0 Å². The number of benzene rings is 4. The molecule has 3 N–H and O–H groups in total. The maximum Gasteiger partial charge on any atom is 0.272 e. The summed E-state index contributed by atoms with van der Waals surface area (Å²) in [7, 11) is 0. The van der Waals surface area contributed by atoms with Crippen molar-refractivity contribution in [3.8, 4) is 0 Å². The minimum Gasteiger partial charge on any atom is -0.321 e. The third-order valence-corrected chi connectivity index (χ3v) is 9.54. The number of fused-ring (bicyclic) bond motifs is 1. The molecule has 0 bridgehead atoms. The fourth-order valence-corrected chi connectivity index (χ4v) is 6.67. The molecule has 0 aliphatic heterocycles. The number of hydrogen-bond donors (Lipinski definition) is 3. The molecule has 0 saturated carbocycles. The highest BCUT2D eigenvalue weighted by atomic mass is 32.2. The van der Waals surface area contributed by atoms with E-state index in [4.69, 9.17) is 0 Å². The molecule has 4 aromatic carbocycles. The number of rotatable bonds is 11. The van der Waals surface area contributed by atoms with E-state index in [2.05, 4.69) is 40.8 Å². The van der Waals surface area contributed by atoms with Gasteiger partial charge in [-0.25, -0.2) is 4.98 Å². The van der Waals surface area contributed by atoms with Crippen LogP contribution in [0, 0.1) is 6.92 Å². The topological polar surface area (TPSA) is 100 Å². The van der Waals surface area contributed by atoms with Crippen LogP contribution in [0.5, 0.6) is 0 Å². The summed E-state index contributed by atoms with van der Waals surface area (Å²) in [4.78, 5) is 45.2. The molecule has 5 rings (SSSR count). The van der Waals surface area contributed by atoms with Gasteiger partial charge in [-0.15, -0.1) is 11.8 Å². The number of thioether (sulfide) groups is 1. The number of aryl methyl sites for hydroxylation is 1. The van der Waals surface area contributed by atoms with Gasteiger partial charge in [0.15, 0.2) is 5.13 Å². The van der Waals surface area contributed by atoms with Crippen LogP contribution in [0.3, 0.4) is 0 Å². The van der Waals surface area contributed by atoms with Crippen LogP contribution in [0.2, 0.25) is 0 Å². The zero-order valence-electron chi connectivity index (χ0n) is 26.2. The average Bonchev–Trinajstić information content (AvgIpc) is 3.45. The lowest BCUT2D eigenvalue weighted by Gasteiger charge is -2.15. The van der Waals surface area contributed by atoms with Crippen LogP contribution < -0.4 is 16.0 Å².